The highest BCUT2D eigenvalue weighted by atomic mass is 79.9. The number of fused-ring (bicyclic) bond motifs is 1. The third-order valence-corrected chi connectivity index (χ3v) is 2.80. The fourth-order valence-electron chi connectivity index (χ4n) is 1.38. The van der Waals surface area contributed by atoms with Crippen molar-refractivity contribution in [1.29, 1.82) is 0 Å². The van der Waals surface area contributed by atoms with Crippen molar-refractivity contribution in [2.45, 2.75) is 13.5 Å². The van der Waals surface area contributed by atoms with Crippen LogP contribution in [0.2, 0.25) is 0 Å². The summed E-state index contributed by atoms with van der Waals surface area (Å²) in [7, 11) is 0. The first-order valence-electron chi connectivity index (χ1n) is 4.02. The molecular weight excluding hydrogens is 230 g/mol. The maximum absolute atomic E-state index is 11.1. The van der Waals surface area contributed by atoms with E-state index in [1.165, 1.54) is 0 Å². The number of Topliss-reactive ketones (excluding diaryl/α,β-unsaturated/α-hetero) is 1. The molecule has 0 saturated carbocycles. The summed E-state index contributed by atoms with van der Waals surface area (Å²) in [5.74, 6) is 0.103. The lowest BCUT2D eigenvalue weighted by Gasteiger charge is -2.00. The quantitative estimate of drug-likeness (QED) is 0.691. The fourth-order valence-corrected chi connectivity index (χ4v) is 1.90. The Hall–Kier alpha value is -0.960. The summed E-state index contributed by atoms with van der Waals surface area (Å²) in [6.45, 7) is 2.25. The molecule has 1 aromatic carbocycles. The summed E-state index contributed by atoms with van der Waals surface area (Å²) in [5.41, 5.74) is 2.99. The summed E-state index contributed by atoms with van der Waals surface area (Å²) in [6, 6.07) is 5.69. The lowest BCUT2D eigenvalue weighted by atomic mass is 10.0. The number of hydrogen-bond donors (Lipinski definition) is 0. The minimum Gasteiger partial charge on any atom is -0.295 e. The van der Waals surface area contributed by atoms with E-state index in [0.29, 0.717) is 6.54 Å². The van der Waals surface area contributed by atoms with Gasteiger partial charge in [-0.25, -0.2) is 0 Å². The summed E-state index contributed by atoms with van der Waals surface area (Å²) in [4.78, 5) is 15.3. The zero-order chi connectivity index (χ0) is 9.42. The minimum absolute atomic E-state index is 0.103. The Morgan fingerprint density at radius 2 is 2.31 bits per heavy atom. The van der Waals surface area contributed by atoms with E-state index in [9.17, 15) is 4.79 Å². The molecule has 0 N–H and O–H groups in total. The molecule has 1 heterocycles. The van der Waals surface area contributed by atoms with Crippen molar-refractivity contribution in [3.63, 3.8) is 0 Å². The van der Waals surface area contributed by atoms with Crippen LogP contribution in [-0.2, 0) is 6.54 Å². The predicted molar refractivity (Wildman–Crippen MR) is 55.6 cm³/mol. The Bertz CT molecular complexity index is 409. The smallest absolute Gasteiger partial charge is 0.159 e. The largest absolute Gasteiger partial charge is 0.295 e. The Morgan fingerprint density at radius 1 is 1.54 bits per heavy atom. The van der Waals surface area contributed by atoms with Gasteiger partial charge in [-0.15, -0.1) is 0 Å². The van der Waals surface area contributed by atoms with E-state index in [2.05, 4.69) is 20.9 Å². The van der Waals surface area contributed by atoms with E-state index in [0.717, 1.165) is 21.3 Å². The Labute approximate surface area is 84.8 Å². The highest BCUT2D eigenvalue weighted by Gasteiger charge is 2.14. The van der Waals surface area contributed by atoms with Gasteiger partial charge in [-0.3, -0.25) is 9.79 Å². The topological polar surface area (TPSA) is 29.4 Å². The molecule has 1 aliphatic heterocycles. The van der Waals surface area contributed by atoms with Crippen molar-refractivity contribution in [1.82, 2.24) is 0 Å². The van der Waals surface area contributed by atoms with Crippen molar-refractivity contribution < 1.29 is 4.79 Å². The molecule has 0 radical (unpaired) electrons. The van der Waals surface area contributed by atoms with Gasteiger partial charge in [0.25, 0.3) is 0 Å². The molecule has 2 rings (SSSR count). The van der Waals surface area contributed by atoms with Crippen LogP contribution in [0.15, 0.2) is 23.2 Å². The first-order chi connectivity index (χ1) is 6.18. The number of aliphatic imine (C=N–C) groups is 1. The van der Waals surface area contributed by atoms with Gasteiger partial charge in [0.05, 0.1) is 6.54 Å². The first-order valence-corrected chi connectivity index (χ1v) is 4.82. The molecule has 0 unspecified atom stereocenters. The van der Waals surface area contributed by atoms with Gasteiger partial charge in [-0.1, -0.05) is 12.1 Å². The van der Waals surface area contributed by atoms with E-state index in [1.807, 2.05) is 18.2 Å². The number of hydrogen-bond acceptors (Lipinski definition) is 2. The summed E-state index contributed by atoms with van der Waals surface area (Å²) < 4.78 is 0.887. The minimum atomic E-state index is 0.103. The molecule has 0 amide bonds. The molecule has 0 aromatic heterocycles. The van der Waals surface area contributed by atoms with Crippen LogP contribution in [0, 0.1) is 0 Å². The molecule has 0 saturated heterocycles. The Kier molecular flexibility index (Phi) is 2.04. The van der Waals surface area contributed by atoms with E-state index in [1.54, 1.807) is 6.92 Å². The lowest BCUT2D eigenvalue weighted by Crippen LogP contribution is -1.95. The fraction of sp³-hybridized carbons (Fsp3) is 0.200. The van der Waals surface area contributed by atoms with Crippen LogP contribution in [0.5, 0.6) is 0 Å². The summed E-state index contributed by atoms with van der Waals surface area (Å²) in [6.07, 6.45) is 0. The van der Waals surface area contributed by atoms with E-state index in [-0.39, 0.29) is 5.78 Å². The molecule has 0 bridgehead atoms. The van der Waals surface area contributed by atoms with Gasteiger partial charge in [-0.2, -0.15) is 0 Å². The standard InChI is InChI=1S/C10H8BrNO/c1-6(13)7-2-3-9-8(4-7)5-12-10(9)11/h2-4H,5H2,1H3. The second-order valence-electron chi connectivity index (χ2n) is 3.04. The molecule has 3 heteroatoms. The summed E-state index contributed by atoms with van der Waals surface area (Å²) in [5, 5.41) is 0. The number of halogens is 1. The zero-order valence-corrected chi connectivity index (χ0v) is 8.76. The van der Waals surface area contributed by atoms with Crippen LogP contribution in [0.4, 0.5) is 0 Å². The molecular formula is C10H8BrNO. The number of carbonyl (C=O) groups is 1. The molecule has 13 heavy (non-hydrogen) atoms. The normalized spacial score (nSPS) is 13.8. The Morgan fingerprint density at radius 3 is 3.00 bits per heavy atom. The third-order valence-electron chi connectivity index (χ3n) is 2.12. The molecule has 66 valence electrons. The van der Waals surface area contributed by atoms with Crippen molar-refractivity contribution in [3.8, 4) is 0 Å². The van der Waals surface area contributed by atoms with Gasteiger partial charge < -0.3 is 0 Å². The van der Waals surface area contributed by atoms with E-state index < -0.39 is 0 Å². The second kappa shape index (κ2) is 3.07. The van der Waals surface area contributed by atoms with E-state index in [4.69, 9.17) is 0 Å². The van der Waals surface area contributed by atoms with Gasteiger partial charge in [0.15, 0.2) is 5.78 Å². The maximum atomic E-state index is 11.1. The molecule has 1 aliphatic rings. The van der Waals surface area contributed by atoms with Crippen molar-refractivity contribution in [2.24, 2.45) is 4.99 Å². The molecule has 0 aliphatic carbocycles. The molecule has 0 spiro atoms. The van der Waals surface area contributed by atoms with Crippen LogP contribution in [0.25, 0.3) is 0 Å². The van der Waals surface area contributed by atoms with Crippen LogP contribution >= 0.6 is 15.9 Å². The van der Waals surface area contributed by atoms with Crippen molar-refractivity contribution in [2.75, 3.05) is 0 Å². The zero-order valence-electron chi connectivity index (χ0n) is 7.17. The van der Waals surface area contributed by atoms with Gasteiger partial charge in [0.2, 0.25) is 0 Å². The van der Waals surface area contributed by atoms with Crippen LogP contribution in [0.1, 0.15) is 28.4 Å². The second-order valence-corrected chi connectivity index (χ2v) is 3.79. The van der Waals surface area contributed by atoms with Crippen LogP contribution in [0.3, 0.4) is 0 Å². The number of nitrogens with zero attached hydrogens (tertiary/aromatic N) is 1. The predicted octanol–water partition coefficient (Wildman–Crippen LogP) is 2.54. The van der Waals surface area contributed by atoms with Gasteiger partial charge in [0, 0.05) is 11.1 Å². The maximum Gasteiger partial charge on any atom is 0.159 e. The SMILES string of the molecule is CC(=O)c1ccc2c(c1)CN=C2Br. The van der Waals surface area contributed by atoms with Crippen LogP contribution < -0.4 is 0 Å². The Balaban J connectivity index is 2.49. The number of ketones is 1. The number of carbonyl (C=O) groups excluding carboxylic acids is 1. The highest BCUT2D eigenvalue weighted by Crippen LogP contribution is 2.23. The average Bonchev–Trinajstić information content (AvgIpc) is 2.47. The number of benzene rings is 1. The summed E-state index contributed by atoms with van der Waals surface area (Å²) >= 11 is 3.36. The van der Waals surface area contributed by atoms with Crippen LogP contribution in [-0.4, -0.2) is 10.4 Å². The van der Waals surface area contributed by atoms with Gasteiger partial charge in [-0.05, 0) is 34.5 Å². The first kappa shape index (κ1) is 8.63. The molecule has 0 atom stereocenters. The average molecular weight is 238 g/mol. The van der Waals surface area contributed by atoms with Crippen molar-refractivity contribution >= 4 is 26.3 Å². The molecule has 0 fully saturated rings. The lowest BCUT2D eigenvalue weighted by molar-refractivity contribution is 0.101. The van der Waals surface area contributed by atoms with Crippen molar-refractivity contribution in [3.05, 3.63) is 34.9 Å². The molecule has 2 nitrogen and oxygen atoms in total. The van der Waals surface area contributed by atoms with Gasteiger partial charge in [0.1, 0.15) is 4.62 Å². The third kappa shape index (κ3) is 1.44. The highest BCUT2D eigenvalue weighted by molar-refractivity contribution is 9.18. The molecule has 1 aromatic rings. The van der Waals surface area contributed by atoms with Gasteiger partial charge >= 0.3 is 0 Å². The number of rotatable bonds is 1. The van der Waals surface area contributed by atoms with E-state index >= 15 is 0 Å². The monoisotopic (exact) mass is 237 g/mol.